The van der Waals surface area contributed by atoms with Crippen LogP contribution in [0.15, 0.2) is 11.8 Å². The molecule has 8 heavy (non-hydrogen) atoms. The van der Waals surface area contributed by atoms with Crippen LogP contribution in [0.25, 0.3) is 0 Å². The number of carbonyl (C=O) groups excluding carboxylic acids is 1. The van der Waals surface area contributed by atoms with Crippen LogP contribution in [-0.2, 0) is 4.79 Å². The number of hydrogen-bond donors (Lipinski definition) is 1. The van der Waals surface area contributed by atoms with E-state index in [4.69, 9.17) is 5.11 Å². The second kappa shape index (κ2) is 4.37. The van der Waals surface area contributed by atoms with Crippen LogP contribution >= 0.6 is 0 Å². The third kappa shape index (κ3) is 3.40. The summed E-state index contributed by atoms with van der Waals surface area (Å²) in [5, 5.41) is 8.48. The van der Waals surface area contributed by atoms with Gasteiger partial charge in [0.2, 0.25) is 0 Å². The van der Waals surface area contributed by atoms with Crippen molar-refractivity contribution in [2.75, 3.05) is 0 Å². The van der Waals surface area contributed by atoms with Gasteiger partial charge in [-0.25, -0.2) is 0 Å². The molecule has 0 amide bonds. The number of carbonyl (C=O) groups is 1. The Morgan fingerprint density at radius 2 is 2.38 bits per heavy atom. The highest BCUT2D eigenvalue weighted by molar-refractivity contribution is 5.69. The summed E-state index contributed by atoms with van der Waals surface area (Å²) in [5.41, 5.74) is 0. The largest absolute Gasteiger partial charge is 0.505 e. The van der Waals surface area contributed by atoms with Gasteiger partial charge in [0.25, 0.3) is 0 Å². The fraction of sp³-hybridized carbons (Fsp3) is 0.500. The molecule has 0 spiro atoms. The van der Waals surface area contributed by atoms with Crippen molar-refractivity contribution in [3.8, 4) is 0 Å². The summed E-state index contributed by atoms with van der Waals surface area (Å²) in [5.74, 6) is -0.160. The first-order chi connectivity index (χ1) is 3.81. The first-order valence-corrected chi connectivity index (χ1v) is 2.65. The van der Waals surface area contributed by atoms with Gasteiger partial charge in [-0.05, 0) is 12.5 Å². The van der Waals surface area contributed by atoms with Gasteiger partial charge in [-0.15, -0.1) is 0 Å². The molecule has 2 nitrogen and oxygen atoms in total. The Kier molecular flexibility index (Phi) is 3.94. The van der Waals surface area contributed by atoms with E-state index < -0.39 is 0 Å². The second-order valence-electron chi connectivity index (χ2n) is 1.54. The van der Waals surface area contributed by atoms with E-state index in [1.807, 2.05) is 6.92 Å². The molecule has 0 aliphatic rings. The number of aliphatic hydroxyl groups excluding tert-OH is 1. The normalized spacial score (nSPS) is 11.4. The SMILES string of the molecule is CCC/C=C(\O)C=O. The molecule has 46 valence electrons. The van der Waals surface area contributed by atoms with Gasteiger partial charge in [0.05, 0.1) is 0 Å². The quantitative estimate of drug-likeness (QED) is 0.342. The fourth-order valence-corrected chi connectivity index (χ4v) is 0.340. The lowest BCUT2D eigenvalue weighted by Gasteiger charge is -1.83. The van der Waals surface area contributed by atoms with E-state index in [0.717, 1.165) is 12.8 Å². The van der Waals surface area contributed by atoms with Crippen molar-refractivity contribution < 1.29 is 9.90 Å². The molecule has 0 heterocycles. The average molecular weight is 114 g/mol. The second-order valence-corrected chi connectivity index (χ2v) is 1.54. The molecule has 0 saturated carbocycles. The highest BCUT2D eigenvalue weighted by atomic mass is 16.3. The molecule has 0 bridgehead atoms. The zero-order valence-corrected chi connectivity index (χ0v) is 4.92. The van der Waals surface area contributed by atoms with Crippen molar-refractivity contribution in [1.82, 2.24) is 0 Å². The summed E-state index contributed by atoms with van der Waals surface area (Å²) in [6, 6.07) is 0. The maximum Gasteiger partial charge on any atom is 0.184 e. The predicted molar refractivity (Wildman–Crippen MR) is 31.7 cm³/mol. The van der Waals surface area contributed by atoms with E-state index in [9.17, 15) is 4.79 Å². The lowest BCUT2D eigenvalue weighted by molar-refractivity contribution is -0.107. The molecular weight excluding hydrogens is 104 g/mol. The van der Waals surface area contributed by atoms with E-state index in [0.29, 0.717) is 6.29 Å². The van der Waals surface area contributed by atoms with Crippen LogP contribution in [0.2, 0.25) is 0 Å². The highest BCUT2D eigenvalue weighted by Crippen LogP contribution is 1.90. The number of hydrogen-bond acceptors (Lipinski definition) is 2. The maximum atomic E-state index is 9.69. The molecule has 0 radical (unpaired) electrons. The van der Waals surface area contributed by atoms with Gasteiger partial charge in [0.15, 0.2) is 12.0 Å². The van der Waals surface area contributed by atoms with E-state index in [1.165, 1.54) is 6.08 Å². The number of unbranched alkanes of at least 4 members (excludes halogenated alkanes) is 1. The summed E-state index contributed by atoms with van der Waals surface area (Å²) >= 11 is 0. The summed E-state index contributed by atoms with van der Waals surface area (Å²) in [7, 11) is 0. The van der Waals surface area contributed by atoms with E-state index in [2.05, 4.69) is 0 Å². The summed E-state index contributed by atoms with van der Waals surface area (Å²) in [6.07, 6.45) is 3.67. The number of aliphatic hydroxyl groups is 1. The van der Waals surface area contributed by atoms with Crippen LogP contribution in [-0.4, -0.2) is 11.4 Å². The molecule has 1 N–H and O–H groups in total. The molecule has 0 aromatic heterocycles. The minimum Gasteiger partial charge on any atom is -0.505 e. The molecule has 0 aromatic rings. The zero-order chi connectivity index (χ0) is 6.41. The predicted octanol–water partition coefficient (Wildman–Crippen LogP) is 1.43. The smallest absolute Gasteiger partial charge is 0.184 e. The summed E-state index contributed by atoms with van der Waals surface area (Å²) in [4.78, 5) is 9.69. The van der Waals surface area contributed by atoms with Crippen molar-refractivity contribution in [1.29, 1.82) is 0 Å². The molecular formula is C6H10O2. The van der Waals surface area contributed by atoms with Crippen molar-refractivity contribution in [3.05, 3.63) is 11.8 Å². The summed E-state index contributed by atoms with van der Waals surface area (Å²) < 4.78 is 0. The minimum atomic E-state index is -0.160. The molecule has 0 aromatic carbocycles. The van der Waals surface area contributed by atoms with Gasteiger partial charge in [0, 0.05) is 0 Å². The Morgan fingerprint density at radius 3 is 2.75 bits per heavy atom. The van der Waals surface area contributed by atoms with Gasteiger partial charge in [-0.1, -0.05) is 13.3 Å². The van der Waals surface area contributed by atoms with Gasteiger partial charge >= 0.3 is 0 Å². The molecule has 0 atom stereocenters. The van der Waals surface area contributed by atoms with E-state index >= 15 is 0 Å². The van der Waals surface area contributed by atoms with Crippen LogP contribution in [0.5, 0.6) is 0 Å². The Balaban J connectivity index is 3.40. The molecule has 0 fully saturated rings. The van der Waals surface area contributed by atoms with Gasteiger partial charge < -0.3 is 5.11 Å². The van der Waals surface area contributed by atoms with Crippen LogP contribution in [0.1, 0.15) is 19.8 Å². The van der Waals surface area contributed by atoms with E-state index in [1.54, 1.807) is 0 Å². The van der Waals surface area contributed by atoms with Crippen molar-refractivity contribution in [2.24, 2.45) is 0 Å². The maximum absolute atomic E-state index is 9.69. The zero-order valence-electron chi connectivity index (χ0n) is 4.92. The number of aldehydes is 1. The molecule has 0 aliphatic carbocycles. The lowest BCUT2D eigenvalue weighted by Crippen LogP contribution is -1.79. The minimum absolute atomic E-state index is 0.160. The topological polar surface area (TPSA) is 37.3 Å². The first-order valence-electron chi connectivity index (χ1n) is 2.65. The standard InChI is InChI=1S/C6H10O2/c1-2-3-4-6(8)5-7/h4-5,8H,2-3H2,1H3/b6-4-. The van der Waals surface area contributed by atoms with Gasteiger partial charge in [0.1, 0.15) is 0 Å². The fourth-order valence-electron chi connectivity index (χ4n) is 0.340. The molecule has 2 heteroatoms. The monoisotopic (exact) mass is 114 g/mol. The average Bonchev–Trinajstić information content (AvgIpc) is 1.83. The van der Waals surface area contributed by atoms with Crippen molar-refractivity contribution in [2.45, 2.75) is 19.8 Å². The summed E-state index contributed by atoms with van der Waals surface area (Å²) in [6.45, 7) is 1.98. The van der Waals surface area contributed by atoms with Crippen LogP contribution in [0, 0.1) is 0 Å². The number of allylic oxidation sites excluding steroid dienone is 2. The van der Waals surface area contributed by atoms with Crippen molar-refractivity contribution in [3.63, 3.8) is 0 Å². The Hall–Kier alpha value is -0.790. The van der Waals surface area contributed by atoms with E-state index in [-0.39, 0.29) is 5.76 Å². The third-order valence-electron chi connectivity index (χ3n) is 0.763. The number of rotatable bonds is 3. The molecule has 0 unspecified atom stereocenters. The molecule has 0 rings (SSSR count). The van der Waals surface area contributed by atoms with Crippen LogP contribution in [0.3, 0.4) is 0 Å². The van der Waals surface area contributed by atoms with Gasteiger partial charge in [-0.2, -0.15) is 0 Å². The molecule has 0 saturated heterocycles. The van der Waals surface area contributed by atoms with Gasteiger partial charge in [-0.3, -0.25) is 4.79 Å². The highest BCUT2D eigenvalue weighted by Gasteiger charge is 1.82. The lowest BCUT2D eigenvalue weighted by atomic mass is 10.3. The van der Waals surface area contributed by atoms with Crippen LogP contribution < -0.4 is 0 Å². The first kappa shape index (κ1) is 7.21. The van der Waals surface area contributed by atoms with Crippen LogP contribution in [0.4, 0.5) is 0 Å². The molecule has 0 aliphatic heterocycles. The Labute approximate surface area is 48.8 Å². The Bertz CT molecular complexity index is 94.7. The Morgan fingerprint density at radius 1 is 1.75 bits per heavy atom. The van der Waals surface area contributed by atoms with Crippen molar-refractivity contribution >= 4 is 6.29 Å². The third-order valence-corrected chi connectivity index (χ3v) is 0.763.